The van der Waals surface area contributed by atoms with E-state index in [0.29, 0.717) is 5.02 Å². The first-order chi connectivity index (χ1) is 15.0. The fraction of sp³-hybridized carbons (Fsp3) is 0.375. The molecular formula is C24H29ClN4OS. The lowest BCUT2D eigenvalue weighted by Gasteiger charge is -2.37. The molecule has 0 saturated heterocycles. The van der Waals surface area contributed by atoms with E-state index in [1.807, 2.05) is 28.6 Å². The van der Waals surface area contributed by atoms with Crippen molar-refractivity contribution in [1.82, 2.24) is 14.8 Å². The van der Waals surface area contributed by atoms with Gasteiger partial charge in [0.1, 0.15) is 5.75 Å². The highest BCUT2D eigenvalue weighted by atomic mass is 35.5. The summed E-state index contributed by atoms with van der Waals surface area (Å²) in [5.41, 5.74) is 4.36. The van der Waals surface area contributed by atoms with Gasteiger partial charge in [0.15, 0.2) is 0 Å². The minimum atomic E-state index is 0.700. The third-order valence-corrected chi connectivity index (χ3v) is 6.75. The predicted octanol–water partition coefficient (Wildman–Crippen LogP) is 6.63. The summed E-state index contributed by atoms with van der Waals surface area (Å²) in [7, 11) is 1.66. The molecule has 31 heavy (non-hydrogen) atoms. The molecule has 0 N–H and O–H groups in total. The van der Waals surface area contributed by atoms with Crippen LogP contribution < -0.4 is 9.75 Å². The number of hydrogen-bond donors (Lipinski definition) is 0. The monoisotopic (exact) mass is 456 g/mol. The minimum Gasteiger partial charge on any atom is -0.497 e. The first-order valence-corrected chi connectivity index (χ1v) is 12.1. The van der Waals surface area contributed by atoms with Crippen molar-refractivity contribution in [1.29, 1.82) is 0 Å². The van der Waals surface area contributed by atoms with Gasteiger partial charge in [0, 0.05) is 35.1 Å². The number of thioether (sulfide) groups is 1. The number of hydrogen-bond acceptors (Lipinski definition) is 5. The van der Waals surface area contributed by atoms with Crippen LogP contribution in [0.1, 0.15) is 39.2 Å². The summed E-state index contributed by atoms with van der Waals surface area (Å²) < 4.78 is 7.38. The molecule has 3 aromatic rings. The second-order valence-electron chi connectivity index (χ2n) is 7.68. The first kappa shape index (κ1) is 21.9. The number of aromatic nitrogens is 2. The molecule has 1 aromatic heterocycles. The topological polar surface area (TPSA) is 33.5 Å². The van der Waals surface area contributed by atoms with Crippen molar-refractivity contribution in [3.05, 3.63) is 58.1 Å². The second kappa shape index (κ2) is 9.45. The number of benzene rings is 2. The molecule has 1 aliphatic rings. The van der Waals surface area contributed by atoms with E-state index in [9.17, 15) is 0 Å². The van der Waals surface area contributed by atoms with Crippen LogP contribution in [0.3, 0.4) is 0 Å². The largest absolute Gasteiger partial charge is 0.497 e. The molecule has 2 heterocycles. The number of halogens is 1. The van der Waals surface area contributed by atoms with Gasteiger partial charge >= 0.3 is 0 Å². The van der Waals surface area contributed by atoms with Crippen LogP contribution in [-0.4, -0.2) is 34.3 Å². The Morgan fingerprint density at radius 1 is 1.16 bits per heavy atom. The van der Waals surface area contributed by atoms with Crippen molar-refractivity contribution in [3.63, 3.8) is 0 Å². The molecule has 7 heteroatoms. The van der Waals surface area contributed by atoms with Crippen molar-refractivity contribution in [2.24, 2.45) is 0 Å². The Hall–Kier alpha value is -2.31. The summed E-state index contributed by atoms with van der Waals surface area (Å²) in [6, 6.07) is 12.5. The van der Waals surface area contributed by atoms with E-state index in [0.717, 1.165) is 60.0 Å². The molecule has 0 unspecified atom stereocenters. The van der Waals surface area contributed by atoms with Gasteiger partial charge in [0.2, 0.25) is 0 Å². The minimum absolute atomic E-state index is 0.700. The summed E-state index contributed by atoms with van der Waals surface area (Å²) in [5, 5.41) is 11.4. The van der Waals surface area contributed by atoms with Crippen LogP contribution in [0.5, 0.6) is 5.75 Å². The molecule has 0 aliphatic carbocycles. The number of fused-ring (bicyclic) bond motifs is 1. The third-order valence-electron chi connectivity index (χ3n) is 5.44. The molecule has 0 amide bonds. The molecule has 0 atom stereocenters. The third kappa shape index (κ3) is 4.37. The molecule has 0 saturated carbocycles. The number of methoxy groups -OCH3 is 1. The van der Waals surface area contributed by atoms with E-state index in [4.69, 9.17) is 21.4 Å². The van der Waals surface area contributed by atoms with Gasteiger partial charge in [0.25, 0.3) is 0 Å². The van der Waals surface area contributed by atoms with Crippen LogP contribution in [0.25, 0.3) is 16.6 Å². The normalized spacial score (nSPS) is 14.0. The number of hydrazine groups is 1. The predicted molar refractivity (Wildman–Crippen MR) is 133 cm³/mol. The lowest BCUT2D eigenvalue weighted by atomic mass is 10.1. The standard InChI is InChI=1S/C24H29ClN4OS/c1-5-11-27-15-18-7-8-19(13-23(18)26-27)28(12-6-2)29-16-31-17(3)24(29)21-10-9-20(30-4)14-22(21)25/h7-10,13-15H,5-6,11-12,16H2,1-4H3. The van der Waals surface area contributed by atoms with Gasteiger partial charge < -0.3 is 4.74 Å². The maximum absolute atomic E-state index is 6.68. The van der Waals surface area contributed by atoms with Crippen LogP contribution in [0, 0.1) is 0 Å². The SMILES string of the molecule is CCCN(c1ccc2cn(CCC)nc2c1)N1CSC(C)=C1c1ccc(OC)cc1Cl. The van der Waals surface area contributed by atoms with Gasteiger partial charge in [-0.2, -0.15) is 5.10 Å². The second-order valence-corrected chi connectivity index (χ2v) is 9.25. The summed E-state index contributed by atoms with van der Waals surface area (Å²) in [6.07, 6.45) is 4.24. The van der Waals surface area contributed by atoms with E-state index in [2.05, 4.69) is 61.3 Å². The van der Waals surface area contributed by atoms with Crippen LogP contribution in [0.4, 0.5) is 5.69 Å². The molecule has 5 nitrogen and oxygen atoms in total. The Morgan fingerprint density at radius 2 is 2.00 bits per heavy atom. The maximum Gasteiger partial charge on any atom is 0.120 e. The number of allylic oxidation sites excluding steroid dienone is 1. The molecule has 0 bridgehead atoms. The van der Waals surface area contributed by atoms with E-state index in [-0.39, 0.29) is 0 Å². The molecule has 1 aliphatic heterocycles. The molecule has 2 aromatic carbocycles. The van der Waals surface area contributed by atoms with Gasteiger partial charge in [-0.3, -0.25) is 14.7 Å². The molecule has 0 spiro atoms. The summed E-state index contributed by atoms with van der Waals surface area (Å²) in [5.74, 6) is 1.62. The van der Waals surface area contributed by atoms with Crippen LogP contribution in [-0.2, 0) is 6.54 Å². The highest BCUT2D eigenvalue weighted by Gasteiger charge is 2.29. The number of rotatable bonds is 8. The number of anilines is 1. The van der Waals surface area contributed by atoms with Crippen molar-refractivity contribution in [3.8, 4) is 5.75 Å². The summed E-state index contributed by atoms with van der Waals surface area (Å²) in [6.45, 7) is 8.40. The van der Waals surface area contributed by atoms with Gasteiger partial charge in [-0.15, -0.1) is 11.8 Å². The molecule has 0 fully saturated rings. The van der Waals surface area contributed by atoms with E-state index < -0.39 is 0 Å². The van der Waals surface area contributed by atoms with E-state index >= 15 is 0 Å². The average molecular weight is 457 g/mol. The Kier molecular flexibility index (Phi) is 6.68. The Balaban J connectivity index is 1.73. The van der Waals surface area contributed by atoms with Gasteiger partial charge in [-0.25, -0.2) is 0 Å². The molecule has 164 valence electrons. The van der Waals surface area contributed by atoms with Crippen molar-refractivity contribution >= 4 is 45.7 Å². The quantitative estimate of drug-likeness (QED) is 0.379. The number of aryl methyl sites for hydroxylation is 1. The van der Waals surface area contributed by atoms with E-state index in [1.165, 1.54) is 10.3 Å². The molecule has 0 radical (unpaired) electrons. The highest BCUT2D eigenvalue weighted by molar-refractivity contribution is 8.03. The van der Waals surface area contributed by atoms with Crippen LogP contribution >= 0.6 is 23.4 Å². The fourth-order valence-electron chi connectivity index (χ4n) is 3.97. The molecular weight excluding hydrogens is 428 g/mol. The smallest absolute Gasteiger partial charge is 0.120 e. The lowest BCUT2D eigenvalue weighted by Crippen LogP contribution is -2.40. The van der Waals surface area contributed by atoms with E-state index in [1.54, 1.807) is 7.11 Å². The zero-order valence-electron chi connectivity index (χ0n) is 18.6. The zero-order chi connectivity index (χ0) is 22.0. The van der Waals surface area contributed by atoms with Crippen molar-refractivity contribution in [2.45, 2.75) is 40.2 Å². The van der Waals surface area contributed by atoms with Gasteiger partial charge in [0.05, 0.1) is 34.9 Å². The zero-order valence-corrected chi connectivity index (χ0v) is 20.1. The fourth-order valence-corrected chi connectivity index (χ4v) is 5.16. The highest BCUT2D eigenvalue weighted by Crippen LogP contribution is 2.43. The number of nitrogens with zero attached hydrogens (tertiary/aromatic N) is 4. The lowest BCUT2D eigenvalue weighted by molar-refractivity contribution is 0.413. The van der Waals surface area contributed by atoms with Crippen molar-refractivity contribution in [2.75, 3.05) is 24.5 Å². The molecule has 4 rings (SSSR count). The van der Waals surface area contributed by atoms with Gasteiger partial charge in [-0.05, 0) is 56.2 Å². The average Bonchev–Trinajstić information content (AvgIpc) is 3.34. The Labute approximate surface area is 193 Å². The number of ether oxygens (including phenoxy) is 1. The van der Waals surface area contributed by atoms with Crippen LogP contribution in [0.15, 0.2) is 47.5 Å². The Morgan fingerprint density at radius 3 is 2.71 bits per heavy atom. The Bertz CT molecular complexity index is 1110. The maximum atomic E-state index is 6.68. The van der Waals surface area contributed by atoms with Crippen LogP contribution in [0.2, 0.25) is 5.02 Å². The van der Waals surface area contributed by atoms with Crippen molar-refractivity contribution < 1.29 is 4.74 Å². The summed E-state index contributed by atoms with van der Waals surface area (Å²) in [4.78, 5) is 1.27. The summed E-state index contributed by atoms with van der Waals surface area (Å²) >= 11 is 8.52. The van der Waals surface area contributed by atoms with Gasteiger partial charge in [-0.1, -0.05) is 25.4 Å². The first-order valence-electron chi connectivity index (χ1n) is 10.8.